The summed E-state index contributed by atoms with van der Waals surface area (Å²) in [6.45, 7) is 9.32. The van der Waals surface area contributed by atoms with Crippen molar-refractivity contribution >= 4 is 5.69 Å². The van der Waals surface area contributed by atoms with Gasteiger partial charge in [-0.05, 0) is 47.2 Å². The van der Waals surface area contributed by atoms with Crippen LogP contribution in [0.3, 0.4) is 0 Å². The highest BCUT2D eigenvalue weighted by molar-refractivity contribution is 5.47. The van der Waals surface area contributed by atoms with Crippen LogP contribution in [0.25, 0.3) is 0 Å². The number of hydrogen-bond donors (Lipinski definition) is 2. The van der Waals surface area contributed by atoms with Crippen LogP contribution in [-0.2, 0) is 18.4 Å². The fraction of sp³-hybridized carbons (Fsp3) is 0.368. The number of aryl methyl sites for hydroxylation is 1. The molecule has 0 spiro atoms. The van der Waals surface area contributed by atoms with Gasteiger partial charge in [-0.2, -0.15) is 0 Å². The van der Waals surface area contributed by atoms with E-state index >= 15 is 0 Å². The normalized spacial score (nSPS) is 11.4. The number of anilines is 1. The van der Waals surface area contributed by atoms with Crippen molar-refractivity contribution < 1.29 is 5.11 Å². The van der Waals surface area contributed by atoms with Crippen LogP contribution in [0.1, 0.15) is 44.4 Å². The predicted octanol–water partition coefficient (Wildman–Crippen LogP) is 4.86. The molecule has 0 amide bonds. The Bertz CT molecular complexity index is 594. The molecule has 2 aromatic rings. The first-order chi connectivity index (χ1) is 9.90. The van der Waals surface area contributed by atoms with Crippen molar-refractivity contribution in [3.05, 3.63) is 59.2 Å². The molecule has 0 radical (unpaired) electrons. The van der Waals surface area contributed by atoms with Gasteiger partial charge in [-0.3, -0.25) is 0 Å². The molecule has 21 heavy (non-hydrogen) atoms. The molecule has 0 aliphatic carbocycles. The zero-order valence-corrected chi connectivity index (χ0v) is 13.4. The topological polar surface area (TPSA) is 32.3 Å². The predicted molar refractivity (Wildman–Crippen MR) is 90.0 cm³/mol. The van der Waals surface area contributed by atoms with Gasteiger partial charge in [0.15, 0.2) is 0 Å². The second kappa shape index (κ2) is 6.21. The Kier molecular flexibility index (Phi) is 4.56. The molecule has 0 bridgehead atoms. The van der Waals surface area contributed by atoms with Crippen LogP contribution in [0.15, 0.2) is 42.5 Å². The monoisotopic (exact) mass is 283 g/mol. The van der Waals surface area contributed by atoms with Crippen LogP contribution in [0.4, 0.5) is 5.69 Å². The van der Waals surface area contributed by atoms with E-state index in [2.05, 4.69) is 63.3 Å². The maximum atomic E-state index is 10.0. The van der Waals surface area contributed by atoms with E-state index in [0.29, 0.717) is 12.3 Å². The van der Waals surface area contributed by atoms with E-state index in [4.69, 9.17) is 0 Å². The van der Waals surface area contributed by atoms with Gasteiger partial charge in [0.05, 0.1) is 0 Å². The minimum Gasteiger partial charge on any atom is -0.508 e. The first kappa shape index (κ1) is 15.4. The number of aromatic hydroxyl groups is 1. The fourth-order valence-corrected chi connectivity index (χ4v) is 2.25. The number of rotatable bonds is 4. The number of hydrogen-bond acceptors (Lipinski definition) is 2. The minimum atomic E-state index is 0.0885. The van der Waals surface area contributed by atoms with E-state index in [-0.39, 0.29) is 5.41 Å². The molecule has 0 unspecified atom stereocenters. The SMILES string of the molecule is CCc1ccc(NCc2cc(C(C)(C)C)ccc2O)cc1. The Hall–Kier alpha value is -1.96. The first-order valence-corrected chi connectivity index (χ1v) is 7.55. The summed E-state index contributed by atoms with van der Waals surface area (Å²) in [5.74, 6) is 0.348. The maximum absolute atomic E-state index is 10.0. The lowest BCUT2D eigenvalue weighted by atomic mass is 9.86. The van der Waals surface area contributed by atoms with Crippen LogP contribution in [0.2, 0.25) is 0 Å². The van der Waals surface area contributed by atoms with Crippen LogP contribution >= 0.6 is 0 Å². The molecule has 2 rings (SSSR count). The Morgan fingerprint density at radius 1 is 1.00 bits per heavy atom. The van der Waals surface area contributed by atoms with Crippen LogP contribution in [0, 0.1) is 0 Å². The second-order valence-corrected chi connectivity index (χ2v) is 6.50. The quantitative estimate of drug-likeness (QED) is 0.839. The Balaban J connectivity index is 2.11. The van der Waals surface area contributed by atoms with Gasteiger partial charge < -0.3 is 10.4 Å². The van der Waals surface area contributed by atoms with Crippen molar-refractivity contribution in [1.29, 1.82) is 0 Å². The summed E-state index contributed by atoms with van der Waals surface area (Å²) in [7, 11) is 0. The largest absolute Gasteiger partial charge is 0.508 e. The smallest absolute Gasteiger partial charge is 0.120 e. The van der Waals surface area contributed by atoms with Gasteiger partial charge in [-0.15, -0.1) is 0 Å². The summed E-state index contributed by atoms with van der Waals surface area (Å²) in [6, 6.07) is 14.3. The summed E-state index contributed by atoms with van der Waals surface area (Å²) >= 11 is 0. The molecule has 0 fully saturated rings. The van der Waals surface area contributed by atoms with Gasteiger partial charge in [0.25, 0.3) is 0 Å². The number of nitrogens with one attached hydrogen (secondary N) is 1. The summed E-state index contributed by atoms with van der Waals surface area (Å²) in [5, 5.41) is 13.4. The summed E-state index contributed by atoms with van der Waals surface area (Å²) in [6.07, 6.45) is 1.05. The average molecular weight is 283 g/mol. The van der Waals surface area contributed by atoms with Gasteiger partial charge in [-0.1, -0.05) is 45.9 Å². The molecule has 2 N–H and O–H groups in total. The molecule has 0 saturated heterocycles. The Morgan fingerprint density at radius 3 is 2.24 bits per heavy atom. The molecule has 2 heteroatoms. The van der Waals surface area contributed by atoms with Gasteiger partial charge in [-0.25, -0.2) is 0 Å². The molecule has 0 heterocycles. The third-order valence-electron chi connectivity index (χ3n) is 3.79. The van der Waals surface area contributed by atoms with Crippen LogP contribution in [0.5, 0.6) is 5.75 Å². The number of phenolic OH excluding ortho intramolecular Hbond substituents is 1. The molecule has 2 aromatic carbocycles. The minimum absolute atomic E-state index is 0.0885. The van der Waals surface area contributed by atoms with Gasteiger partial charge in [0.2, 0.25) is 0 Å². The van der Waals surface area contributed by atoms with Crippen molar-refractivity contribution in [3.8, 4) is 5.75 Å². The molecular formula is C19H25NO. The van der Waals surface area contributed by atoms with Gasteiger partial charge >= 0.3 is 0 Å². The lowest BCUT2D eigenvalue weighted by molar-refractivity contribution is 0.467. The molecule has 2 nitrogen and oxygen atoms in total. The molecule has 0 saturated carbocycles. The average Bonchev–Trinajstić information content (AvgIpc) is 2.45. The van der Waals surface area contributed by atoms with E-state index in [1.165, 1.54) is 11.1 Å². The highest BCUT2D eigenvalue weighted by Gasteiger charge is 2.15. The zero-order chi connectivity index (χ0) is 15.5. The van der Waals surface area contributed by atoms with E-state index in [1.54, 1.807) is 6.07 Å². The lowest BCUT2D eigenvalue weighted by Crippen LogP contribution is -2.12. The van der Waals surface area contributed by atoms with Gasteiger partial charge in [0.1, 0.15) is 5.75 Å². The van der Waals surface area contributed by atoms with E-state index in [0.717, 1.165) is 17.7 Å². The Morgan fingerprint density at radius 2 is 1.67 bits per heavy atom. The van der Waals surface area contributed by atoms with E-state index < -0.39 is 0 Å². The molecule has 0 aromatic heterocycles. The highest BCUT2D eigenvalue weighted by Crippen LogP contribution is 2.27. The maximum Gasteiger partial charge on any atom is 0.120 e. The fourth-order valence-electron chi connectivity index (χ4n) is 2.25. The van der Waals surface area contributed by atoms with Gasteiger partial charge in [0, 0.05) is 17.8 Å². The lowest BCUT2D eigenvalue weighted by Gasteiger charge is -2.20. The van der Waals surface area contributed by atoms with E-state index in [1.807, 2.05) is 6.07 Å². The van der Waals surface area contributed by atoms with Crippen molar-refractivity contribution in [1.82, 2.24) is 0 Å². The van der Waals surface area contributed by atoms with Crippen LogP contribution in [-0.4, -0.2) is 5.11 Å². The van der Waals surface area contributed by atoms with Crippen molar-refractivity contribution in [3.63, 3.8) is 0 Å². The highest BCUT2D eigenvalue weighted by atomic mass is 16.3. The van der Waals surface area contributed by atoms with Crippen LogP contribution < -0.4 is 5.32 Å². The van der Waals surface area contributed by atoms with Crippen molar-refractivity contribution in [2.45, 2.75) is 46.1 Å². The molecule has 112 valence electrons. The first-order valence-electron chi connectivity index (χ1n) is 7.55. The third-order valence-corrected chi connectivity index (χ3v) is 3.79. The molecule has 0 atom stereocenters. The van der Waals surface area contributed by atoms with Crippen molar-refractivity contribution in [2.75, 3.05) is 5.32 Å². The van der Waals surface area contributed by atoms with Crippen molar-refractivity contribution in [2.24, 2.45) is 0 Å². The molecule has 0 aliphatic rings. The Labute approximate surface area is 127 Å². The van der Waals surface area contributed by atoms with E-state index in [9.17, 15) is 5.11 Å². The number of benzene rings is 2. The molecule has 0 aliphatic heterocycles. The molecular weight excluding hydrogens is 258 g/mol. The third kappa shape index (κ3) is 4.01. The zero-order valence-electron chi connectivity index (χ0n) is 13.4. The standard InChI is InChI=1S/C19H25NO/c1-5-14-6-9-17(10-7-14)20-13-15-12-16(19(2,3)4)8-11-18(15)21/h6-12,20-21H,5,13H2,1-4H3. The summed E-state index contributed by atoms with van der Waals surface area (Å²) in [5.41, 5.74) is 4.66. The number of phenols is 1. The second-order valence-electron chi connectivity index (χ2n) is 6.50. The summed E-state index contributed by atoms with van der Waals surface area (Å²) in [4.78, 5) is 0. The summed E-state index contributed by atoms with van der Waals surface area (Å²) < 4.78 is 0.